The predicted molar refractivity (Wildman–Crippen MR) is 108 cm³/mol. The summed E-state index contributed by atoms with van der Waals surface area (Å²) in [5, 5.41) is 17.3. The van der Waals surface area contributed by atoms with Crippen molar-refractivity contribution < 1.29 is 9.90 Å². The van der Waals surface area contributed by atoms with Crippen molar-refractivity contribution in [3.63, 3.8) is 0 Å². The fourth-order valence-corrected chi connectivity index (χ4v) is 4.43. The van der Waals surface area contributed by atoms with Gasteiger partial charge in [-0.25, -0.2) is 0 Å². The molecule has 1 atom stereocenters. The quantitative estimate of drug-likeness (QED) is 0.778. The van der Waals surface area contributed by atoms with Crippen LogP contribution in [0.25, 0.3) is 0 Å². The molecule has 1 saturated heterocycles. The van der Waals surface area contributed by atoms with Gasteiger partial charge in [-0.05, 0) is 56.4 Å². The van der Waals surface area contributed by atoms with E-state index in [0.717, 1.165) is 66.7 Å². The summed E-state index contributed by atoms with van der Waals surface area (Å²) in [5.41, 5.74) is 3.38. The molecule has 0 aliphatic carbocycles. The molecular weight excluding hydrogens is 408 g/mol. The Balaban J connectivity index is 1.54. The van der Waals surface area contributed by atoms with Crippen molar-refractivity contribution in [2.45, 2.75) is 51.3 Å². The lowest BCUT2D eigenvalue weighted by molar-refractivity contribution is 0.0512. The van der Waals surface area contributed by atoms with E-state index in [0.29, 0.717) is 5.69 Å². The van der Waals surface area contributed by atoms with Gasteiger partial charge in [0.15, 0.2) is 5.69 Å². The molecular formula is C20H25BrN4O2. The second-order valence-corrected chi connectivity index (χ2v) is 8.32. The van der Waals surface area contributed by atoms with E-state index < -0.39 is 0 Å². The Kier molecular flexibility index (Phi) is 5.34. The highest BCUT2D eigenvalue weighted by Crippen LogP contribution is 2.33. The first-order valence-electron chi connectivity index (χ1n) is 9.59. The number of nitrogens with one attached hydrogen (secondary N) is 1. The summed E-state index contributed by atoms with van der Waals surface area (Å²) in [6.45, 7) is 4.62. The van der Waals surface area contributed by atoms with Crippen LogP contribution >= 0.6 is 15.9 Å². The van der Waals surface area contributed by atoms with Crippen LogP contribution in [0.3, 0.4) is 0 Å². The summed E-state index contributed by atoms with van der Waals surface area (Å²) < 4.78 is 2.96. The van der Waals surface area contributed by atoms with Gasteiger partial charge in [-0.1, -0.05) is 22.0 Å². The second-order valence-electron chi connectivity index (χ2n) is 7.47. The zero-order chi connectivity index (χ0) is 19.0. The van der Waals surface area contributed by atoms with Gasteiger partial charge in [0, 0.05) is 29.8 Å². The highest BCUT2D eigenvalue weighted by Gasteiger charge is 2.31. The first kappa shape index (κ1) is 18.7. The number of aryl methyl sites for hydroxylation is 1. The number of anilines is 1. The number of amides is 1. The average molecular weight is 433 g/mol. The SMILES string of the molecule is Cc1c(Br)cccc1NC(=O)c1cc2n(n1)CCC[C@H]2N1CCC(O)CC1. The standard InChI is InChI=1S/C20H25BrN4O2/c1-13-15(21)4-2-5-16(13)22-20(27)17-12-19-18(6-3-9-25(19)23-17)24-10-7-14(26)8-11-24/h2,4-5,12,14,18,26H,3,6-11H2,1H3,(H,22,27)/t18-/m1/s1. The number of aliphatic hydroxyl groups is 1. The third kappa shape index (κ3) is 3.81. The van der Waals surface area contributed by atoms with Crippen molar-refractivity contribution >= 4 is 27.5 Å². The zero-order valence-corrected chi connectivity index (χ0v) is 17.1. The van der Waals surface area contributed by atoms with E-state index in [2.05, 4.69) is 31.2 Å². The van der Waals surface area contributed by atoms with Gasteiger partial charge in [-0.15, -0.1) is 0 Å². The number of piperidine rings is 1. The Morgan fingerprint density at radius 1 is 1.26 bits per heavy atom. The maximum atomic E-state index is 12.8. The van der Waals surface area contributed by atoms with E-state index in [1.54, 1.807) is 0 Å². The largest absolute Gasteiger partial charge is 0.393 e. The Labute approximate surface area is 167 Å². The van der Waals surface area contributed by atoms with Crippen LogP contribution < -0.4 is 5.32 Å². The van der Waals surface area contributed by atoms with E-state index in [-0.39, 0.29) is 18.1 Å². The number of aliphatic hydroxyl groups excluding tert-OH is 1. The molecule has 2 aliphatic rings. The van der Waals surface area contributed by atoms with Crippen molar-refractivity contribution in [3.05, 3.63) is 45.7 Å². The second kappa shape index (κ2) is 7.73. The zero-order valence-electron chi connectivity index (χ0n) is 15.5. The third-order valence-electron chi connectivity index (χ3n) is 5.69. The monoisotopic (exact) mass is 432 g/mol. The first-order valence-corrected chi connectivity index (χ1v) is 10.4. The van der Waals surface area contributed by atoms with Crippen LogP contribution in [0.4, 0.5) is 5.69 Å². The lowest BCUT2D eigenvalue weighted by Crippen LogP contribution is -2.40. The summed E-state index contributed by atoms with van der Waals surface area (Å²) in [5.74, 6) is -0.175. The molecule has 1 aromatic carbocycles. The number of fused-ring (bicyclic) bond motifs is 1. The summed E-state index contributed by atoms with van der Waals surface area (Å²) >= 11 is 3.50. The van der Waals surface area contributed by atoms with Gasteiger partial charge in [0.2, 0.25) is 0 Å². The van der Waals surface area contributed by atoms with E-state index >= 15 is 0 Å². The van der Waals surface area contributed by atoms with Crippen LogP contribution in [-0.2, 0) is 6.54 Å². The van der Waals surface area contributed by atoms with Crippen molar-refractivity contribution in [2.75, 3.05) is 18.4 Å². The number of carbonyl (C=O) groups excluding carboxylic acids is 1. The summed E-state index contributed by atoms with van der Waals surface area (Å²) in [4.78, 5) is 15.2. The smallest absolute Gasteiger partial charge is 0.276 e. The fraction of sp³-hybridized carbons (Fsp3) is 0.500. The number of likely N-dealkylation sites (tertiary alicyclic amines) is 1. The molecule has 0 unspecified atom stereocenters. The van der Waals surface area contributed by atoms with Crippen LogP contribution in [-0.4, -0.2) is 44.9 Å². The number of aromatic nitrogens is 2. The molecule has 2 N–H and O–H groups in total. The number of hydrogen-bond acceptors (Lipinski definition) is 4. The Bertz CT molecular complexity index is 843. The molecule has 3 heterocycles. The van der Waals surface area contributed by atoms with Crippen molar-refractivity contribution in [1.82, 2.24) is 14.7 Å². The van der Waals surface area contributed by atoms with Crippen LogP contribution in [0.15, 0.2) is 28.7 Å². The van der Waals surface area contributed by atoms with Crippen LogP contribution in [0.1, 0.15) is 53.5 Å². The normalized spacial score (nSPS) is 21.1. The minimum atomic E-state index is -0.176. The number of hydrogen-bond donors (Lipinski definition) is 2. The molecule has 6 nitrogen and oxygen atoms in total. The summed E-state index contributed by atoms with van der Waals surface area (Å²) in [7, 11) is 0. The number of rotatable bonds is 3. The molecule has 144 valence electrons. The molecule has 1 fully saturated rings. The Morgan fingerprint density at radius 3 is 2.81 bits per heavy atom. The fourth-order valence-electron chi connectivity index (χ4n) is 4.07. The topological polar surface area (TPSA) is 70.4 Å². The number of benzene rings is 1. The van der Waals surface area contributed by atoms with Gasteiger partial charge in [0.25, 0.3) is 5.91 Å². The predicted octanol–water partition coefficient (Wildman–Crippen LogP) is 3.50. The highest BCUT2D eigenvalue weighted by molar-refractivity contribution is 9.10. The van der Waals surface area contributed by atoms with Crippen LogP contribution in [0, 0.1) is 6.92 Å². The van der Waals surface area contributed by atoms with Gasteiger partial charge in [-0.2, -0.15) is 5.10 Å². The minimum absolute atomic E-state index is 0.175. The molecule has 27 heavy (non-hydrogen) atoms. The number of carbonyl (C=O) groups is 1. The Morgan fingerprint density at radius 2 is 2.04 bits per heavy atom. The first-order chi connectivity index (χ1) is 13.0. The van der Waals surface area contributed by atoms with Crippen LogP contribution in [0.2, 0.25) is 0 Å². The molecule has 7 heteroatoms. The maximum Gasteiger partial charge on any atom is 0.276 e. The Hall–Kier alpha value is -1.70. The van der Waals surface area contributed by atoms with E-state index in [1.165, 1.54) is 0 Å². The molecule has 0 radical (unpaired) electrons. The van der Waals surface area contributed by atoms with E-state index in [4.69, 9.17) is 0 Å². The average Bonchev–Trinajstić information content (AvgIpc) is 3.11. The molecule has 1 amide bonds. The van der Waals surface area contributed by atoms with Crippen LogP contribution in [0.5, 0.6) is 0 Å². The lowest BCUT2D eigenvalue weighted by atomic mass is 9.98. The molecule has 0 spiro atoms. The summed E-state index contributed by atoms with van der Waals surface area (Å²) in [6, 6.07) is 7.99. The van der Waals surface area contributed by atoms with Crippen molar-refractivity contribution in [2.24, 2.45) is 0 Å². The molecule has 4 rings (SSSR count). The minimum Gasteiger partial charge on any atom is -0.393 e. The van der Waals surface area contributed by atoms with Crippen molar-refractivity contribution in [3.8, 4) is 0 Å². The molecule has 1 aromatic heterocycles. The van der Waals surface area contributed by atoms with Gasteiger partial charge >= 0.3 is 0 Å². The molecule has 2 aromatic rings. The molecule has 0 saturated carbocycles. The highest BCUT2D eigenvalue weighted by atomic mass is 79.9. The number of nitrogens with zero attached hydrogens (tertiary/aromatic N) is 3. The van der Waals surface area contributed by atoms with Crippen molar-refractivity contribution in [1.29, 1.82) is 0 Å². The molecule has 2 aliphatic heterocycles. The number of halogens is 1. The van der Waals surface area contributed by atoms with Gasteiger partial charge in [0.1, 0.15) is 0 Å². The maximum absolute atomic E-state index is 12.8. The molecule has 0 bridgehead atoms. The van der Waals surface area contributed by atoms with Gasteiger partial charge in [-0.3, -0.25) is 14.4 Å². The van der Waals surface area contributed by atoms with E-state index in [1.807, 2.05) is 35.9 Å². The van der Waals surface area contributed by atoms with Gasteiger partial charge in [0.05, 0.1) is 17.8 Å². The third-order valence-corrected chi connectivity index (χ3v) is 6.55. The summed E-state index contributed by atoms with van der Waals surface area (Å²) in [6.07, 6.45) is 3.60. The lowest BCUT2D eigenvalue weighted by Gasteiger charge is -2.38. The van der Waals surface area contributed by atoms with Gasteiger partial charge < -0.3 is 10.4 Å². The van der Waals surface area contributed by atoms with E-state index in [9.17, 15) is 9.90 Å².